The molecule has 4 N–H and O–H groups in total. The second-order valence-corrected chi connectivity index (χ2v) is 3.70. The van der Waals surface area contributed by atoms with Gasteiger partial charge in [-0.15, -0.1) is 0 Å². The Morgan fingerprint density at radius 1 is 1.47 bits per heavy atom. The Kier molecular flexibility index (Phi) is 4.74. The highest BCUT2D eigenvalue weighted by molar-refractivity contribution is 5.77. The van der Waals surface area contributed by atoms with Gasteiger partial charge in [-0.3, -0.25) is 0 Å². The summed E-state index contributed by atoms with van der Waals surface area (Å²) in [5.41, 5.74) is 11.5. The molecule has 84 valence electrons. The third kappa shape index (κ3) is 4.54. The highest BCUT2D eigenvalue weighted by atomic mass is 15.1. The fraction of sp³-hybridized carbons (Fsp3) is 0.545. The first-order valence-corrected chi connectivity index (χ1v) is 5.44. The molecule has 1 rings (SSSR count). The third-order valence-electron chi connectivity index (χ3n) is 2.25. The normalized spacial score (nSPS) is 15.0. The van der Waals surface area contributed by atoms with Crippen molar-refractivity contribution in [3.63, 3.8) is 0 Å². The number of allylic oxidation sites excluding steroid dienone is 1. The minimum absolute atomic E-state index is 0.112. The van der Waals surface area contributed by atoms with E-state index in [1.807, 2.05) is 12.3 Å². The molecule has 4 nitrogen and oxygen atoms in total. The SMILES string of the molecule is CCCCCN1C=C(N=C(N)N)C=CC1. The summed E-state index contributed by atoms with van der Waals surface area (Å²) in [6.45, 7) is 4.23. The van der Waals surface area contributed by atoms with Gasteiger partial charge in [0.1, 0.15) is 0 Å². The molecule has 0 bridgehead atoms. The van der Waals surface area contributed by atoms with Gasteiger partial charge in [-0.1, -0.05) is 25.8 Å². The van der Waals surface area contributed by atoms with Crippen LogP contribution in [0.15, 0.2) is 29.0 Å². The second kappa shape index (κ2) is 6.11. The standard InChI is InChI=1S/C11H20N4/c1-2-3-4-7-15-8-5-6-10(9-15)14-11(12)13/h5-6,9H,2-4,7-8H2,1H3,(H4,12,13,14). The summed E-state index contributed by atoms with van der Waals surface area (Å²) in [5.74, 6) is 0.112. The molecule has 15 heavy (non-hydrogen) atoms. The van der Waals surface area contributed by atoms with Crippen LogP contribution in [0.1, 0.15) is 26.2 Å². The number of unbranched alkanes of at least 4 members (excludes halogenated alkanes) is 2. The minimum Gasteiger partial charge on any atom is -0.372 e. The first-order chi connectivity index (χ1) is 7.22. The lowest BCUT2D eigenvalue weighted by atomic mass is 10.2. The zero-order valence-corrected chi connectivity index (χ0v) is 9.32. The largest absolute Gasteiger partial charge is 0.372 e. The van der Waals surface area contributed by atoms with Gasteiger partial charge >= 0.3 is 0 Å². The quantitative estimate of drug-likeness (QED) is 0.405. The predicted molar refractivity (Wildman–Crippen MR) is 64.1 cm³/mol. The number of nitrogens with zero attached hydrogens (tertiary/aromatic N) is 2. The summed E-state index contributed by atoms with van der Waals surface area (Å²) in [6, 6.07) is 0. The van der Waals surface area contributed by atoms with Crippen molar-refractivity contribution in [1.29, 1.82) is 0 Å². The molecule has 0 aromatic carbocycles. The van der Waals surface area contributed by atoms with Gasteiger partial charge in [0.05, 0.1) is 5.70 Å². The summed E-state index contributed by atoms with van der Waals surface area (Å²) in [6.07, 6.45) is 9.76. The molecule has 0 aliphatic carbocycles. The van der Waals surface area contributed by atoms with Crippen LogP contribution >= 0.6 is 0 Å². The van der Waals surface area contributed by atoms with E-state index < -0.39 is 0 Å². The molecule has 0 aromatic heterocycles. The summed E-state index contributed by atoms with van der Waals surface area (Å²) in [5, 5.41) is 0. The molecule has 0 spiro atoms. The smallest absolute Gasteiger partial charge is 0.191 e. The van der Waals surface area contributed by atoms with E-state index in [0.29, 0.717) is 0 Å². The molecule has 0 fully saturated rings. The van der Waals surface area contributed by atoms with Crippen molar-refractivity contribution in [1.82, 2.24) is 4.90 Å². The van der Waals surface area contributed by atoms with Gasteiger partial charge in [0.15, 0.2) is 5.96 Å². The molecule has 4 heteroatoms. The van der Waals surface area contributed by atoms with Crippen molar-refractivity contribution < 1.29 is 0 Å². The first-order valence-electron chi connectivity index (χ1n) is 5.44. The van der Waals surface area contributed by atoms with E-state index in [0.717, 1.165) is 18.8 Å². The van der Waals surface area contributed by atoms with Crippen LogP contribution in [0.4, 0.5) is 0 Å². The van der Waals surface area contributed by atoms with E-state index in [1.165, 1.54) is 19.3 Å². The van der Waals surface area contributed by atoms with Crippen LogP contribution in [0, 0.1) is 0 Å². The number of rotatable bonds is 5. The van der Waals surface area contributed by atoms with Gasteiger partial charge in [-0.2, -0.15) is 0 Å². The number of aliphatic imine (C=N–C) groups is 1. The fourth-order valence-electron chi connectivity index (χ4n) is 1.53. The van der Waals surface area contributed by atoms with Crippen molar-refractivity contribution in [2.75, 3.05) is 13.1 Å². The molecule has 0 saturated heterocycles. The number of guanidine groups is 1. The lowest BCUT2D eigenvalue weighted by Gasteiger charge is -2.21. The Hall–Kier alpha value is -1.45. The zero-order chi connectivity index (χ0) is 11.1. The topological polar surface area (TPSA) is 67.6 Å². The molecule has 1 heterocycles. The van der Waals surface area contributed by atoms with Crippen LogP contribution in [-0.2, 0) is 0 Å². The van der Waals surface area contributed by atoms with E-state index in [1.54, 1.807) is 0 Å². The van der Waals surface area contributed by atoms with E-state index in [2.05, 4.69) is 22.9 Å². The highest BCUT2D eigenvalue weighted by Crippen LogP contribution is 2.09. The van der Waals surface area contributed by atoms with Crippen molar-refractivity contribution in [3.8, 4) is 0 Å². The zero-order valence-electron chi connectivity index (χ0n) is 9.32. The molecule has 0 aromatic rings. The Balaban J connectivity index is 2.45. The molecule has 0 amide bonds. The Morgan fingerprint density at radius 2 is 2.27 bits per heavy atom. The highest BCUT2D eigenvalue weighted by Gasteiger charge is 2.03. The Bertz CT molecular complexity index is 274. The monoisotopic (exact) mass is 208 g/mol. The average Bonchev–Trinajstić information content (AvgIpc) is 2.18. The Labute approximate surface area is 91.3 Å². The van der Waals surface area contributed by atoms with Crippen LogP contribution in [0.25, 0.3) is 0 Å². The van der Waals surface area contributed by atoms with Crippen molar-refractivity contribution >= 4 is 5.96 Å². The van der Waals surface area contributed by atoms with Gasteiger partial charge < -0.3 is 16.4 Å². The molecule has 1 aliphatic heterocycles. The lowest BCUT2D eigenvalue weighted by molar-refractivity contribution is 0.393. The van der Waals surface area contributed by atoms with Crippen LogP contribution in [-0.4, -0.2) is 23.9 Å². The van der Waals surface area contributed by atoms with Crippen molar-refractivity contribution in [2.24, 2.45) is 16.5 Å². The Morgan fingerprint density at radius 3 is 2.93 bits per heavy atom. The maximum Gasteiger partial charge on any atom is 0.191 e. The van der Waals surface area contributed by atoms with Gasteiger partial charge in [0.25, 0.3) is 0 Å². The number of hydrogen-bond donors (Lipinski definition) is 2. The molecule has 0 unspecified atom stereocenters. The summed E-state index contributed by atoms with van der Waals surface area (Å²) >= 11 is 0. The van der Waals surface area contributed by atoms with Crippen LogP contribution in [0.2, 0.25) is 0 Å². The van der Waals surface area contributed by atoms with E-state index in [9.17, 15) is 0 Å². The summed E-state index contributed by atoms with van der Waals surface area (Å²) in [4.78, 5) is 6.25. The molecular formula is C11H20N4. The second-order valence-electron chi connectivity index (χ2n) is 3.70. The molecule has 0 atom stereocenters. The van der Waals surface area contributed by atoms with Crippen molar-refractivity contribution in [2.45, 2.75) is 26.2 Å². The van der Waals surface area contributed by atoms with Crippen LogP contribution in [0.5, 0.6) is 0 Å². The number of nitrogens with two attached hydrogens (primary N) is 2. The maximum atomic E-state index is 5.32. The van der Waals surface area contributed by atoms with Gasteiger partial charge in [0, 0.05) is 19.3 Å². The molecule has 0 saturated carbocycles. The van der Waals surface area contributed by atoms with Crippen LogP contribution < -0.4 is 11.5 Å². The number of hydrogen-bond acceptors (Lipinski definition) is 2. The van der Waals surface area contributed by atoms with E-state index >= 15 is 0 Å². The summed E-state index contributed by atoms with van der Waals surface area (Å²) < 4.78 is 0. The molecule has 1 aliphatic rings. The average molecular weight is 208 g/mol. The van der Waals surface area contributed by atoms with E-state index in [-0.39, 0.29) is 5.96 Å². The van der Waals surface area contributed by atoms with Gasteiger partial charge in [-0.25, -0.2) is 4.99 Å². The van der Waals surface area contributed by atoms with Gasteiger partial charge in [-0.05, 0) is 12.5 Å². The van der Waals surface area contributed by atoms with Crippen molar-refractivity contribution in [3.05, 3.63) is 24.0 Å². The first kappa shape index (κ1) is 11.6. The predicted octanol–water partition coefficient (Wildman–Crippen LogP) is 1.16. The van der Waals surface area contributed by atoms with E-state index in [4.69, 9.17) is 11.5 Å². The third-order valence-corrected chi connectivity index (χ3v) is 2.25. The molecule has 0 radical (unpaired) electrons. The van der Waals surface area contributed by atoms with Crippen LogP contribution in [0.3, 0.4) is 0 Å². The minimum atomic E-state index is 0.112. The summed E-state index contributed by atoms with van der Waals surface area (Å²) in [7, 11) is 0. The lowest BCUT2D eigenvalue weighted by Crippen LogP contribution is -2.24. The van der Waals surface area contributed by atoms with Gasteiger partial charge in [0.2, 0.25) is 0 Å². The maximum absolute atomic E-state index is 5.32. The molecular weight excluding hydrogens is 188 g/mol. The fourth-order valence-corrected chi connectivity index (χ4v) is 1.53.